The van der Waals surface area contributed by atoms with E-state index in [9.17, 15) is 8.42 Å². The number of rotatable bonds is 4. The Morgan fingerprint density at radius 2 is 2.38 bits per heavy atom. The summed E-state index contributed by atoms with van der Waals surface area (Å²) in [6.45, 7) is 0.405. The average Bonchev–Trinajstić information content (AvgIpc) is 2.85. The Balaban J connectivity index is 1.95. The first-order chi connectivity index (χ1) is 7.59. The van der Waals surface area contributed by atoms with Crippen LogP contribution < -0.4 is 10.5 Å². The van der Waals surface area contributed by atoms with E-state index in [0.29, 0.717) is 6.54 Å². The first-order valence-corrected chi connectivity index (χ1v) is 6.82. The highest BCUT2D eigenvalue weighted by Crippen LogP contribution is 2.23. The summed E-state index contributed by atoms with van der Waals surface area (Å²) in [6.07, 6.45) is 4.47. The van der Waals surface area contributed by atoms with E-state index in [0.717, 1.165) is 19.3 Å². The van der Waals surface area contributed by atoms with E-state index in [1.165, 1.54) is 12.3 Å². The van der Waals surface area contributed by atoms with E-state index in [-0.39, 0.29) is 17.0 Å². The highest BCUT2D eigenvalue weighted by molar-refractivity contribution is 7.89. The Hall–Kier alpha value is -0.920. The molecule has 0 bridgehead atoms. The molecule has 1 saturated carbocycles. The lowest BCUT2D eigenvalue weighted by molar-refractivity contribution is 0.469. The molecule has 0 saturated heterocycles. The van der Waals surface area contributed by atoms with Gasteiger partial charge in [-0.1, -0.05) is 6.42 Å². The molecule has 0 amide bonds. The molecule has 1 aliphatic carbocycles. The van der Waals surface area contributed by atoms with Crippen molar-refractivity contribution < 1.29 is 8.42 Å². The van der Waals surface area contributed by atoms with Crippen molar-refractivity contribution in [2.45, 2.75) is 30.3 Å². The van der Waals surface area contributed by atoms with Crippen molar-refractivity contribution in [1.82, 2.24) is 14.9 Å². The Morgan fingerprint density at radius 3 is 2.94 bits per heavy atom. The molecule has 1 heterocycles. The number of hydrogen-bond donors (Lipinski definition) is 3. The van der Waals surface area contributed by atoms with Gasteiger partial charge in [0.1, 0.15) is 0 Å². The Bertz CT molecular complexity index is 428. The van der Waals surface area contributed by atoms with Crippen molar-refractivity contribution in [3.05, 3.63) is 12.3 Å². The van der Waals surface area contributed by atoms with Gasteiger partial charge in [0.05, 0.1) is 6.20 Å². The highest BCUT2D eigenvalue weighted by atomic mass is 32.2. The van der Waals surface area contributed by atoms with Crippen molar-refractivity contribution in [2.24, 2.45) is 11.7 Å². The molecule has 0 aliphatic heterocycles. The van der Waals surface area contributed by atoms with Gasteiger partial charge in [0.25, 0.3) is 10.0 Å². The van der Waals surface area contributed by atoms with Crippen molar-refractivity contribution in [3.63, 3.8) is 0 Å². The van der Waals surface area contributed by atoms with Crippen LogP contribution in [0.15, 0.2) is 17.3 Å². The lowest BCUT2D eigenvalue weighted by Crippen LogP contribution is -2.36. The van der Waals surface area contributed by atoms with E-state index < -0.39 is 10.0 Å². The number of hydrogen-bond acceptors (Lipinski definition) is 4. The van der Waals surface area contributed by atoms with Crippen LogP contribution in [-0.2, 0) is 10.0 Å². The van der Waals surface area contributed by atoms with Gasteiger partial charge in [0.2, 0.25) is 0 Å². The summed E-state index contributed by atoms with van der Waals surface area (Å²) in [5, 5.41) is 6.14. The second kappa shape index (κ2) is 4.52. The average molecular weight is 244 g/mol. The Labute approximate surface area is 94.7 Å². The molecule has 16 heavy (non-hydrogen) atoms. The minimum Gasteiger partial charge on any atom is -0.327 e. The molecule has 2 rings (SSSR count). The molecule has 0 radical (unpaired) electrons. The molecule has 0 aromatic carbocycles. The fourth-order valence-corrected chi connectivity index (χ4v) is 3.01. The van der Waals surface area contributed by atoms with Crippen LogP contribution in [-0.4, -0.2) is 31.2 Å². The van der Waals surface area contributed by atoms with Gasteiger partial charge in [-0.05, 0) is 24.8 Å². The number of nitrogens with two attached hydrogens (primary N) is 1. The van der Waals surface area contributed by atoms with Gasteiger partial charge in [-0.2, -0.15) is 5.10 Å². The summed E-state index contributed by atoms with van der Waals surface area (Å²) in [6, 6.07) is 1.54. The predicted molar refractivity (Wildman–Crippen MR) is 59.1 cm³/mol. The number of aromatic nitrogens is 2. The lowest BCUT2D eigenvalue weighted by atomic mass is 10.1. The molecule has 4 N–H and O–H groups in total. The van der Waals surface area contributed by atoms with Crippen LogP contribution in [0.25, 0.3) is 0 Å². The summed E-state index contributed by atoms with van der Waals surface area (Å²) in [4.78, 5) is 0. The molecule has 1 aliphatic rings. The zero-order valence-electron chi connectivity index (χ0n) is 8.89. The first-order valence-electron chi connectivity index (χ1n) is 5.34. The van der Waals surface area contributed by atoms with Crippen LogP contribution in [0.1, 0.15) is 19.3 Å². The van der Waals surface area contributed by atoms with Crippen LogP contribution in [0.4, 0.5) is 0 Å². The minimum atomic E-state index is -3.45. The maximum absolute atomic E-state index is 11.7. The minimum absolute atomic E-state index is 0.0964. The molecule has 1 aromatic rings. The summed E-state index contributed by atoms with van der Waals surface area (Å²) < 4.78 is 26.0. The van der Waals surface area contributed by atoms with E-state index in [1.807, 2.05) is 0 Å². The van der Waals surface area contributed by atoms with E-state index in [2.05, 4.69) is 14.9 Å². The monoisotopic (exact) mass is 244 g/mol. The summed E-state index contributed by atoms with van der Waals surface area (Å²) in [5.41, 5.74) is 5.87. The number of nitrogens with zero attached hydrogens (tertiary/aromatic N) is 1. The van der Waals surface area contributed by atoms with E-state index >= 15 is 0 Å². The van der Waals surface area contributed by atoms with Crippen molar-refractivity contribution in [3.8, 4) is 0 Å². The van der Waals surface area contributed by atoms with Crippen molar-refractivity contribution in [2.75, 3.05) is 6.54 Å². The van der Waals surface area contributed by atoms with Gasteiger partial charge < -0.3 is 5.73 Å². The SMILES string of the molecule is NC1CCCC1CNS(=O)(=O)c1ccn[nH]1. The highest BCUT2D eigenvalue weighted by Gasteiger charge is 2.26. The van der Waals surface area contributed by atoms with Gasteiger partial charge in [0.15, 0.2) is 5.03 Å². The maximum atomic E-state index is 11.7. The summed E-state index contributed by atoms with van der Waals surface area (Å²) in [7, 11) is -3.45. The summed E-state index contributed by atoms with van der Waals surface area (Å²) >= 11 is 0. The van der Waals surface area contributed by atoms with Crippen LogP contribution in [0.2, 0.25) is 0 Å². The third kappa shape index (κ3) is 2.42. The van der Waals surface area contributed by atoms with Crippen LogP contribution in [0, 0.1) is 5.92 Å². The third-order valence-corrected chi connectivity index (χ3v) is 4.37. The summed E-state index contributed by atoms with van der Waals surface area (Å²) in [5.74, 6) is 0.248. The van der Waals surface area contributed by atoms with Crippen LogP contribution >= 0.6 is 0 Å². The van der Waals surface area contributed by atoms with E-state index in [4.69, 9.17) is 5.73 Å². The Morgan fingerprint density at radius 1 is 1.56 bits per heavy atom. The third-order valence-electron chi connectivity index (χ3n) is 3.02. The van der Waals surface area contributed by atoms with Crippen LogP contribution in [0.3, 0.4) is 0 Å². The van der Waals surface area contributed by atoms with Crippen molar-refractivity contribution >= 4 is 10.0 Å². The number of H-pyrrole nitrogens is 1. The zero-order chi connectivity index (χ0) is 11.6. The molecular formula is C9H16N4O2S. The van der Waals surface area contributed by atoms with Gasteiger partial charge in [-0.25, -0.2) is 13.1 Å². The van der Waals surface area contributed by atoms with E-state index in [1.54, 1.807) is 0 Å². The maximum Gasteiger partial charge on any atom is 0.257 e. The number of aromatic amines is 1. The molecule has 0 spiro atoms. The standard InChI is InChI=1S/C9H16N4O2S/c10-8-3-1-2-7(8)6-12-16(14,15)9-4-5-11-13-9/h4-5,7-8,12H,1-3,6,10H2,(H,11,13). The predicted octanol–water partition coefficient (Wildman–Crippen LogP) is -0.185. The van der Waals surface area contributed by atoms with Gasteiger partial charge >= 0.3 is 0 Å². The number of nitrogens with one attached hydrogen (secondary N) is 2. The lowest BCUT2D eigenvalue weighted by Gasteiger charge is -2.15. The zero-order valence-corrected chi connectivity index (χ0v) is 9.70. The molecule has 6 nitrogen and oxygen atoms in total. The molecule has 2 unspecified atom stereocenters. The quantitative estimate of drug-likeness (QED) is 0.683. The second-order valence-electron chi connectivity index (χ2n) is 4.13. The van der Waals surface area contributed by atoms with Gasteiger partial charge in [0, 0.05) is 12.6 Å². The molecule has 7 heteroatoms. The molecule has 1 fully saturated rings. The van der Waals surface area contributed by atoms with Crippen LogP contribution in [0.5, 0.6) is 0 Å². The van der Waals surface area contributed by atoms with Gasteiger partial charge in [-0.3, -0.25) is 5.10 Å². The fourth-order valence-electron chi connectivity index (χ4n) is 2.01. The normalized spacial score (nSPS) is 26.1. The second-order valence-corrected chi connectivity index (χ2v) is 5.86. The Kier molecular flexibility index (Phi) is 3.27. The first kappa shape index (κ1) is 11.6. The molecular weight excluding hydrogens is 228 g/mol. The van der Waals surface area contributed by atoms with Crippen molar-refractivity contribution in [1.29, 1.82) is 0 Å². The largest absolute Gasteiger partial charge is 0.327 e. The fraction of sp³-hybridized carbons (Fsp3) is 0.667. The van der Waals surface area contributed by atoms with Gasteiger partial charge in [-0.15, -0.1) is 0 Å². The molecule has 2 atom stereocenters. The number of sulfonamides is 1. The molecule has 1 aromatic heterocycles. The topological polar surface area (TPSA) is 101 Å². The molecule has 90 valence electrons. The smallest absolute Gasteiger partial charge is 0.257 e.